The lowest BCUT2D eigenvalue weighted by molar-refractivity contribution is -0.384. The third-order valence-corrected chi connectivity index (χ3v) is 3.10. The molecule has 1 aromatic carbocycles. The van der Waals surface area contributed by atoms with E-state index in [2.05, 4.69) is 0 Å². The fourth-order valence-electron chi connectivity index (χ4n) is 1.97. The Bertz CT molecular complexity index is 521. The first-order valence-electron chi connectivity index (χ1n) is 5.39. The molecule has 1 heterocycles. The second-order valence-electron chi connectivity index (χ2n) is 4.08. The highest BCUT2D eigenvalue weighted by Crippen LogP contribution is 2.34. The summed E-state index contributed by atoms with van der Waals surface area (Å²) in [6.45, 7) is 0.622. The Morgan fingerprint density at radius 3 is 2.78 bits per heavy atom. The summed E-state index contributed by atoms with van der Waals surface area (Å²) < 4.78 is 13.2. The number of ketones is 1. The molecule has 2 rings (SSSR count). The van der Waals surface area contributed by atoms with Crippen LogP contribution in [0.4, 0.5) is 15.8 Å². The minimum absolute atomic E-state index is 0.0102. The summed E-state index contributed by atoms with van der Waals surface area (Å²) in [7, 11) is 0. The van der Waals surface area contributed by atoms with Crippen LogP contribution in [0.1, 0.15) is 12.8 Å². The number of anilines is 1. The first-order chi connectivity index (χ1) is 8.49. The summed E-state index contributed by atoms with van der Waals surface area (Å²) in [4.78, 5) is 23.1. The number of nitrogens with zero attached hydrogens (tertiary/aromatic N) is 2. The number of hydrogen-bond acceptors (Lipinski definition) is 4. The number of halogens is 2. The maximum Gasteiger partial charge on any atom is 0.295 e. The van der Waals surface area contributed by atoms with Crippen LogP contribution in [0.15, 0.2) is 12.1 Å². The molecule has 0 bridgehead atoms. The maximum atomic E-state index is 13.2. The van der Waals surface area contributed by atoms with Gasteiger partial charge in [0.15, 0.2) is 5.78 Å². The number of hydrogen-bond donors (Lipinski definition) is 0. The quantitative estimate of drug-likeness (QED) is 0.613. The van der Waals surface area contributed by atoms with Crippen LogP contribution in [-0.4, -0.2) is 23.8 Å². The van der Waals surface area contributed by atoms with E-state index < -0.39 is 10.7 Å². The molecule has 5 nitrogen and oxygen atoms in total. The molecular formula is C11H10ClFN2O3. The first kappa shape index (κ1) is 12.8. The van der Waals surface area contributed by atoms with Crippen molar-refractivity contribution in [3.8, 4) is 0 Å². The molecule has 18 heavy (non-hydrogen) atoms. The first-order valence-corrected chi connectivity index (χ1v) is 5.77. The van der Waals surface area contributed by atoms with E-state index in [9.17, 15) is 19.3 Å². The van der Waals surface area contributed by atoms with Crippen molar-refractivity contribution >= 4 is 28.8 Å². The highest BCUT2D eigenvalue weighted by molar-refractivity contribution is 6.31. The largest absolute Gasteiger partial charge is 0.359 e. The van der Waals surface area contributed by atoms with E-state index in [-0.39, 0.29) is 28.7 Å². The molecule has 1 fully saturated rings. The second kappa shape index (κ2) is 4.89. The molecule has 1 aromatic rings. The highest BCUT2D eigenvalue weighted by Gasteiger charge is 2.26. The third kappa shape index (κ3) is 2.43. The van der Waals surface area contributed by atoms with Crippen LogP contribution >= 0.6 is 11.6 Å². The summed E-state index contributed by atoms with van der Waals surface area (Å²) in [5.74, 6) is -0.827. The number of piperidine rings is 1. The highest BCUT2D eigenvalue weighted by atomic mass is 35.5. The van der Waals surface area contributed by atoms with Gasteiger partial charge in [0.25, 0.3) is 5.69 Å². The van der Waals surface area contributed by atoms with Crippen LogP contribution in [0.5, 0.6) is 0 Å². The van der Waals surface area contributed by atoms with Gasteiger partial charge in [0.05, 0.1) is 22.6 Å². The van der Waals surface area contributed by atoms with Gasteiger partial charge in [-0.3, -0.25) is 14.9 Å². The molecule has 1 aliphatic rings. The van der Waals surface area contributed by atoms with Crippen LogP contribution in [0, 0.1) is 15.9 Å². The number of carbonyl (C=O) groups is 1. The number of nitro groups is 1. The van der Waals surface area contributed by atoms with Crippen LogP contribution in [0.25, 0.3) is 0 Å². The van der Waals surface area contributed by atoms with Crippen molar-refractivity contribution in [2.75, 3.05) is 18.0 Å². The summed E-state index contributed by atoms with van der Waals surface area (Å²) in [5.41, 5.74) is -0.175. The Balaban J connectivity index is 2.44. The van der Waals surface area contributed by atoms with E-state index in [1.54, 1.807) is 4.90 Å². The van der Waals surface area contributed by atoms with Crippen LogP contribution in [0.3, 0.4) is 0 Å². The van der Waals surface area contributed by atoms with Crippen LogP contribution in [0.2, 0.25) is 5.02 Å². The van der Waals surface area contributed by atoms with E-state index >= 15 is 0 Å². The smallest absolute Gasteiger partial charge is 0.295 e. The summed E-state index contributed by atoms with van der Waals surface area (Å²) in [6, 6.07) is 1.99. The van der Waals surface area contributed by atoms with E-state index in [1.165, 1.54) is 6.07 Å². The third-order valence-electron chi connectivity index (χ3n) is 2.81. The van der Waals surface area contributed by atoms with Gasteiger partial charge >= 0.3 is 0 Å². The minimum atomic E-state index is -0.838. The number of carbonyl (C=O) groups excluding carboxylic acids is 1. The molecule has 0 aliphatic carbocycles. The fourth-order valence-corrected chi connectivity index (χ4v) is 2.13. The minimum Gasteiger partial charge on any atom is -0.359 e. The molecule has 7 heteroatoms. The molecule has 0 N–H and O–H groups in total. The number of Topliss-reactive ketones (excluding diaryl/α,β-unsaturated/α-hetero) is 1. The Hall–Kier alpha value is -1.69. The molecule has 0 atom stereocenters. The lowest BCUT2D eigenvalue weighted by atomic mass is 10.1. The van der Waals surface area contributed by atoms with Crippen molar-refractivity contribution in [1.82, 2.24) is 0 Å². The maximum absolute atomic E-state index is 13.2. The predicted octanol–water partition coefficient (Wildman–Crippen LogP) is 2.56. The molecule has 0 spiro atoms. The number of benzene rings is 1. The molecule has 0 amide bonds. The van der Waals surface area contributed by atoms with Gasteiger partial charge in [0.1, 0.15) is 11.5 Å². The normalized spacial score (nSPS) is 15.9. The predicted molar refractivity (Wildman–Crippen MR) is 64.5 cm³/mol. The number of nitro benzene ring substituents is 1. The molecule has 96 valence electrons. The van der Waals surface area contributed by atoms with Crippen LogP contribution < -0.4 is 4.90 Å². The van der Waals surface area contributed by atoms with Crippen molar-refractivity contribution in [3.05, 3.63) is 33.1 Å². The van der Waals surface area contributed by atoms with Crippen LogP contribution in [-0.2, 0) is 4.79 Å². The van der Waals surface area contributed by atoms with Gasteiger partial charge in [-0.1, -0.05) is 11.6 Å². The zero-order valence-corrected chi connectivity index (χ0v) is 10.1. The van der Waals surface area contributed by atoms with Crippen molar-refractivity contribution < 1.29 is 14.1 Å². The van der Waals surface area contributed by atoms with Gasteiger partial charge in [0.2, 0.25) is 0 Å². The Kier molecular flexibility index (Phi) is 3.47. The van der Waals surface area contributed by atoms with E-state index in [4.69, 9.17) is 11.6 Å². The average Bonchev–Trinajstić information content (AvgIpc) is 2.31. The molecule has 0 aromatic heterocycles. The van der Waals surface area contributed by atoms with E-state index in [1.807, 2.05) is 0 Å². The zero-order chi connectivity index (χ0) is 13.3. The van der Waals surface area contributed by atoms with Gasteiger partial charge in [-0.15, -0.1) is 0 Å². The lowest BCUT2D eigenvalue weighted by Crippen LogP contribution is -2.35. The SMILES string of the molecule is O=C1CCCN(c2cc(Cl)c(F)cc2[N+](=O)[O-])C1. The van der Waals surface area contributed by atoms with Crippen molar-refractivity contribution in [2.24, 2.45) is 0 Å². The van der Waals surface area contributed by atoms with Gasteiger partial charge < -0.3 is 4.90 Å². The van der Waals surface area contributed by atoms with Gasteiger partial charge in [0, 0.05) is 13.0 Å². The van der Waals surface area contributed by atoms with E-state index in [0.29, 0.717) is 19.4 Å². The number of rotatable bonds is 2. The Labute approximate surface area is 107 Å². The summed E-state index contributed by atoms with van der Waals surface area (Å²) in [6.07, 6.45) is 1.10. The van der Waals surface area contributed by atoms with Crippen molar-refractivity contribution in [3.63, 3.8) is 0 Å². The Morgan fingerprint density at radius 1 is 1.44 bits per heavy atom. The van der Waals surface area contributed by atoms with Gasteiger partial charge in [-0.05, 0) is 12.5 Å². The van der Waals surface area contributed by atoms with Gasteiger partial charge in [-0.2, -0.15) is 0 Å². The second-order valence-corrected chi connectivity index (χ2v) is 4.48. The molecular weight excluding hydrogens is 263 g/mol. The van der Waals surface area contributed by atoms with Crippen molar-refractivity contribution in [1.29, 1.82) is 0 Å². The van der Waals surface area contributed by atoms with Gasteiger partial charge in [-0.25, -0.2) is 4.39 Å². The van der Waals surface area contributed by atoms with E-state index in [0.717, 1.165) is 6.07 Å². The molecule has 0 saturated carbocycles. The monoisotopic (exact) mass is 272 g/mol. The average molecular weight is 273 g/mol. The fraction of sp³-hybridized carbons (Fsp3) is 0.364. The molecule has 0 unspecified atom stereocenters. The Morgan fingerprint density at radius 2 is 2.17 bits per heavy atom. The zero-order valence-electron chi connectivity index (χ0n) is 9.36. The van der Waals surface area contributed by atoms with Crippen molar-refractivity contribution in [2.45, 2.75) is 12.8 Å². The topological polar surface area (TPSA) is 63.5 Å². The molecule has 0 radical (unpaired) electrons. The lowest BCUT2D eigenvalue weighted by Gasteiger charge is -2.27. The standard InChI is InChI=1S/C11H10ClFN2O3/c12-8-4-10(11(15(17)18)5-9(8)13)14-3-1-2-7(16)6-14/h4-5H,1-3,6H2. The molecule has 1 saturated heterocycles. The molecule has 1 aliphatic heterocycles. The summed E-state index contributed by atoms with van der Waals surface area (Å²) >= 11 is 5.64. The summed E-state index contributed by atoms with van der Waals surface area (Å²) in [5, 5.41) is 10.7.